The number of nitrogens with one attached hydrogen (secondary N) is 1. The van der Waals surface area contributed by atoms with E-state index in [1.165, 1.54) is 0 Å². The monoisotopic (exact) mass is 400 g/mol. The predicted molar refractivity (Wildman–Crippen MR) is 108 cm³/mol. The van der Waals surface area contributed by atoms with Gasteiger partial charge in [0.1, 0.15) is 5.82 Å². The van der Waals surface area contributed by atoms with Crippen LogP contribution < -0.4 is 14.8 Å². The topological polar surface area (TPSA) is 78.3 Å². The van der Waals surface area contributed by atoms with Gasteiger partial charge in [0, 0.05) is 16.8 Å². The van der Waals surface area contributed by atoms with Crippen molar-refractivity contribution in [1.82, 2.24) is 14.8 Å². The van der Waals surface area contributed by atoms with E-state index in [1.807, 2.05) is 26.0 Å². The number of hydrogen-bond donors (Lipinski definition) is 1. The van der Waals surface area contributed by atoms with Gasteiger partial charge in [-0.2, -0.15) is 0 Å². The zero-order valence-electron chi connectivity index (χ0n) is 15.9. The molecule has 0 fully saturated rings. The second-order valence-corrected chi connectivity index (χ2v) is 6.29. The molecule has 0 saturated heterocycles. The second-order valence-electron chi connectivity index (χ2n) is 5.85. The van der Waals surface area contributed by atoms with Gasteiger partial charge in [-0.3, -0.25) is 4.79 Å². The molecular weight excluding hydrogens is 380 g/mol. The van der Waals surface area contributed by atoms with E-state index in [-0.39, 0.29) is 5.82 Å². The van der Waals surface area contributed by atoms with Crippen LogP contribution in [0.2, 0.25) is 5.02 Å². The number of aryl methyl sites for hydroxylation is 1. The number of carbonyl (C=O) groups excluding carboxylic acids is 1. The highest BCUT2D eigenvalue weighted by Crippen LogP contribution is 2.30. The number of hydrogen-bond acceptors (Lipinski definition) is 5. The number of rotatable bonds is 7. The third kappa shape index (κ3) is 4.43. The fraction of sp³-hybridized carbons (Fsp3) is 0.250. The van der Waals surface area contributed by atoms with Gasteiger partial charge >= 0.3 is 0 Å². The van der Waals surface area contributed by atoms with E-state index < -0.39 is 5.91 Å². The Bertz CT molecular complexity index is 970. The first-order valence-corrected chi connectivity index (χ1v) is 9.30. The summed E-state index contributed by atoms with van der Waals surface area (Å²) in [5.74, 6) is 1.44. The maximum absolute atomic E-state index is 12.6. The molecule has 1 amide bonds. The van der Waals surface area contributed by atoms with Gasteiger partial charge in [-0.1, -0.05) is 11.6 Å². The van der Waals surface area contributed by atoms with Crippen LogP contribution in [-0.4, -0.2) is 33.9 Å². The number of aromatic nitrogens is 3. The van der Waals surface area contributed by atoms with Crippen molar-refractivity contribution in [2.24, 2.45) is 0 Å². The summed E-state index contributed by atoms with van der Waals surface area (Å²) in [5, 5.41) is 7.72. The molecule has 1 aromatic heterocycles. The molecule has 0 unspecified atom stereocenters. The minimum absolute atomic E-state index is 0.0688. The fourth-order valence-electron chi connectivity index (χ4n) is 2.63. The van der Waals surface area contributed by atoms with Crippen LogP contribution in [0.4, 0.5) is 5.69 Å². The van der Waals surface area contributed by atoms with Crippen molar-refractivity contribution in [2.75, 3.05) is 18.5 Å². The van der Waals surface area contributed by atoms with Crippen molar-refractivity contribution in [1.29, 1.82) is 0 Å². The van der Waals surface area contributed by atoms with Crippen LogP contribution in [0, 0.1) is 6.92 Å². The van der Waals surface area contributed by atoms with Gasteiger partial charge in [-0.05, 0) is 57.2 Å². The maximum atomic E-state index is 12.6. The van der Waals surface area contributed by atoms with Gasteiger partial charge < -0.3 is 14.8 Å². The summed E-state index contributed by atoms with van der Waals surface area (Å²) in [6.07, 6.45) is 0. The van der Waals surface area contributed by atoms with E-state index >= 15 is 0 Å². The fourth-order valence-corrected chi connectivity index (χ4v) is 2.75. The molecule has 0 aliphatic heterocycles. The van der Waals surface area contributed by atoms with E-state index in [1.54, 1.807) is 41.9 Å². The van der Waals surface area contributed by atoms with E-state index in [2.05, 4.69) is 15.4 Å². The molecule has 3 aromatic rings. The number of ether oxygens (including phenoxy) is 2. The zero-order valence-corrected chi connectivity index (χ0v) is 16.7. The summed E-state index contributed by atoms with van der Waals surface area (Å²) in [5.41, 5.74) is 1.34. The van der Waals surface area contributed by atoms with Crippen molar-refractivity contribution in [3.05, 3.63) is 59.1 Å². The van der Waals surface area contributed by atoms with Crippen molar-refractivity contribution in [3.63, 3.8) is 0 Å². The highest BCUT2D eigenvalue weighted by Gasteiger charge is 2.16. The lowest BCUT2D eigenvalue weighted by molar-refractivity contribution is 0.101. The van der Waals surface area contributed by atoms with Crippen LogP contribution in [0.5, 0.6) is 11.5 Å². The summed E-state index contributed by atoms with van der Waals surface area (Å²) in [7, 11) is 0. The molecule has 2 aromatic carbocycles. The predicted octanol–water partition coefficient (Wildman–Crippen LogP) is 4.28. The summed E-state index contributed by atoms with van der Waals surface area (Å²) >= 11 is 5.92. The van der Waals surface area contributed by atoms with E-state index in [0.29, 0.717) is 41.2 Å². The van der Waals surface area contributed by atoms with E-state index in [0.717, 1.165) is 5.69 Å². The zero-order chi connectivity index (χ0) is 20.1. The molecule has 0 bridgehead atoms. The van der Waals surface area contributed by atoms with Crippen LogP contribution in [0.25, 0.3) is 5.69 Å². The molecule has 1 N–H and O–H groups in total. The maximum Gasteiger partial charge on any atom is 0.295 e. The van der Waals surface area contributed by atoms with Crippen molar-refractivity contribution in [2.45, 2.75) is 20.8 Å². The Kier molecular flexibility index (Phi) is 6.16. The first-order chi connectivity index (χ1) is 13.5. The van der Waals surface area contributed by atoms with Gasteiger partial charge in [0.15, 0.2) is 11.5 Å². The van der Waals surface area contributed by atoms with Crippen LogP contribution >= 0.6 is 11.6 Å². The van der Waals surface area contributed by atoms with Crippen molar-refractivity contribution < 1.29 is 14.3 Å². The number of anilines is 1. The largest absolute Gasteiger partial charge is 0.490 e. The quantitative estimate of drug-likeness (QED) is 0.640. The normalized spacial score (nSPS) is 10.6. The SMILES string of the molecule is CCOc1ccc(NC(=O)c2nc(C)n(-c3ccc(Cl)cc3)n2)cc1OCC. The van der Waals surface area contributed by atoms with Crippen LogP contribution in [-0.2, 0) is 0 Å². The van der Waals surface area contributed by atoms with E-state index in [9.17, 15) is 4.79 Å². The summed E-state index contributed by atoms with van der Waals surface area (Å²) < 4.78 is 12.7. The number of nitrogens with zero attached hydrogens (tertiary/aromatic N) is 3. The molecule has 28 heavy (non-hydrogen) atoms. The first-order valence-electron chi connectivity index (χ1n) is 8.92. The van der Waals surface area contributed by atoms with Crippen LogP contribution in [0.15, 0.2) is 42.5 Å². The summed E-state index contributed by atoms with van der Waals surface area (Å²) in [6.45, 7) is 6.58. The van der Waals surface area contributed by atoms with Gasteiger partial charge in [-0.25, -0.2) is 9.67 Å². The van der Waals surface area contributed by atoms with Crippen LogP contribution in [0.1, 0.15) is 30.3 Å². The Balaban J connectivity index is 1.80. The van der Waals surface area contributed by atoms with Crippen LogP contribution in [0.3, 0.4) is 0 Å². The summed E-state index contributed by atoms with van der Waals surface area (Å²) in [4.78, 5) is 16.9. The Labute approximate surface area is 168 Å². The molecule has 0 atom stereocenters. The molecule has 1 heterocycles. The van der Waals surface area contributed by atoms with Crippen molar-refractivity contribution >= 4 is 23.2 Å². The molecule has 0 aliphatic carbocycles. The molecule has 0 aliphatic rings. The minimum atomic E-state index is -0.414. The van der Waals surface area contributed by atoms with Gasteiger partial charge in [0.2, 0.25) is 5.82 Å². The highest BCUT2D eigenvalue weighted by atomic mass is 35.5. The van der Waals surface area contributed by atoms with Crippen molar-refractivity contribution in [3.8, 4) is 17.2 Å². The Morgan fingerprint density at radius 2 is 1.75 bits per heavy atom. The van der Waals surface area contributed by atoms with Gasteiger partial charge in [0.25, 0.3) is 5.91 Å². The molecule has 0 radical (unpaired) electrons. The molecule has 146 valence electrons. The first kappa shape index (κ1) is 19.7. The third-order valence-electron chi connectivity index (χ3n) is 3.84. The Morgan fingerprint density at radius 3 is 2.43 bits per heavy atom. The average Bonchev–Trinajstić information content (AvgIpc) is 3.07. The van der Waals surface area contributed by atoms with Gasteiger partial charge in [0.05, 0.1) is 18.9 Å². The lowest BCUT2D eigenvalue weighted by Crippen LogP contribution is -2.14. The lowest BCUT2D eigenvalue weighted by Gasteiger charge is -2.12. The minimum Gasteiger partial charge on any atom is -0.490 e. The Hall–Kier alpha value is -3.06. The number of benzene rings is 2. The molecule has 0 saturated carbocycles. The molecule has 8 heteroatoms. The number of amides is 1. The Morgan fingerprint density at radius 1 is 1.07 bits per heavy atom. The molecule has 0 spiro atoms. The third-order valence-corrected chi connectivity index (χ3v) is 4.10. The standard InChI is InChI=1S/C20H21ClN4O3/c1-4-27-17-11-8-15(12-18(17)28-5-2)23-20(26)19-22-13(3)25(24-19)16-9-6-14(21)7-10-16/h6-12H,4-5H2,1-3H3,(H,23,26). The van der Waals surface area contributed by atoms with Gasteiger partial charge in [-0.15, -0.1) is 5.10 Å². The second kappa shape index (κ2) is 8.75. The average molecular weight is 401 g/mol. The summed E-state index contributed by atoms with van der Waals surface area (Å²) in [6, 6.07) is 12.4. The lowest BCUT2D eigenvalue weighted by atomic mass is 10.2. The number of carbonyl (C=O) groups is 1. The number of halogens is 1. The highest BCUT2D eigenvalue weighted by molar-refractivity contribution is 6.30. The molecule has 3 rings (SSSR count). The smallest absolute Gasteiger partial charge is 0.295 e. The molecule has 7 nitrogen and oxygen atoms in total. The van der Waals surface area contributed by atoms with E-state index in [4.69, 9.17) is 21.1 Å². The molecular formula is C20H21ClN4O3.